The van der Waals surface area contributed by atoms with Gasteiger partial charge in [-0.25, -0.2) is 8.78 Å². The largest absolute Gasteiger partial charge is 0.376 e. The van der Waals surface area contributed by atoms with Crippen LogP contribution in [0.3, 0.4) is 0 Å². The normalized spacial score (nSPS) is 20.0. The minimum Gasteiger partial charge on any atom is -0.376 e. The minimum atomic E-state index is -0.370. The molecule has 2 heterocycles. The quantitative estimate of drug-likeness (QED) is 0.833. The van der Waals surface area contributed by atoms with E-state index in [-0.39, 0.29) is 17.7 Å². The van der Waals surface area contributed by atoms with Gasteiger partial charge in [0.2, 0.25) is 0 Å². The SMILES string of the molecule is Fc1ccccc1N1SN(CC[C@@H]2CNCCO2)c2cccc(F)c21. The molecular weight excluding hydrogens is 344 g/mol. The van der Waals surface area contributed by atoms with Gasteiger partial charge < -0.3 is 10.1 Å². The molecular formula is C18H19F2N3OS. The third-order valence-electron chi connectivity index (χ3n) is 4.35. The molecule has 4 nitrogen and oxygen atoms in total. The molecule has 2 aliphatic rings. The number of anilines is 3. The number of halogens is 2. The van der Waals surface area contributed by atoms with E-state index in [4.69, 9.17) is 4.74 Å². The van der Waals surface area contributed by atoms with Crippen molar-refractivity contribution in [1.29, 1.82) is 0 Å². The predicted molar refractivity (Wildman–Crippen MR) is 97.1 cm³/mol. The van der Waals surface area contributed by atoms with Crippen LogP contribution in [-0.4, -0.2) is 32.3 Å². The van der Waals surface area contributed by atoms with Gasteiger partial charge in [-0.3, -0.25) is 8.61 Å². The van der Waals surface area contributed by atoms with Crippen LogP contribution in [0, 0.1) is 11.6 Å². The Labute approximate surface area is 150 Å². The fraction of sp³-hybridized carbons (Fsp3) is 0.333. The number of nitrogens with one attached hydrogen (secondary N) is 1. The van der Waals surface area contributed by atoms with E-state index in [1.807, 2.05) is 10.4 Å². The van der Waals surface area contributed by atoms with Crippen molar-refractivity contribution in [2.75, 3.05) is 34.9 Å². The van der Waals surface area contributed by atoms with Crippen LogP contribution < -0.4 is 13.9 Å². The Kier molecular flexibility index (Phi) is 4.78. The summed E-state index contributed by atoms with van der Waals surface area (Å²) < 4.78 is 38.1. The molecule has 0 aromatic heterocycles. The van der Waals surface area contributed by atoms with E-state index in [1.54, 1.807) is 28.6 Å². The molecule has 0 unspecified atom stereocenters. The van der Waals surface area contributed by atoms with Gasteiger partial charge in [0.15, 0.2) is 0 Å². The van der Waals surface area contributed by atoms with E-state index >= 15 is 0 Å². The molecule has 2 aromatic rings. The second-order valence-electron chi connectivity index (χ2n) is 6.02. The molecule has 132 valence electrons. The van der Waals surface area contributed by atoms with Crippen molar-refractivity contribution < 1.29 is 13.5 Å². The van der Waals surface area contributed by atoms with Crippen molar-refractivity contribution in [3.05, 3.63) is 54.1 Å². The molecule has 0 spiro atoms. The van der Waals surface area contributed by atoms with Crippen molar-refractivity contribution in [2.24, 2.45) is 0 Å². The lowest BCUT2D eigenvalue weighted by Crippen LogP contribution is -2.39. The van der Waals surface area contributed by atoms with Gasteiger partial charge in [0.25, 0.3) is 0 Å². The highest BCUT2D eigenvalue weighted by molar-refractivity contribution is 8.02. The van der Waals surface area contributed by atoms with E-state index in [2.05, 4.69) is 5.32 Å². The van der Waals surface area contributed by atoms with Crippen molar-refractivity contribution in [3.63, 3.8) is 0 Å². The molecule has 1 atom stereocenters. The lowest BCUT2D eigenvalue weighted by Gasteiger charge is -2.26. The molecule has 4 rings (SSSR count). The first-order valence-corrected chi connectivity index (χ1v) is 9.08. The summed E-state index contributed by atoms with van der Waals surface area (Å²) in [5.74, 6) is -0.725. The van der Waals surface area contributed by atoms with Gasteiger partial charge in [-0.1, -0.05) is 18.2 Å². The highest BCUT2D eigenvalue weighted by atomic mass is 32.2. The smallest absolute Gasteiger partial charge is 0.149 e. The van der Waals surface area contributed by atoms with E-state index < -0.39 is 0 Å². The lowest BCUT2D eigenvalue weighted by atomic mass is 10.2. The minimum absolute atomic E-state index is 0.147. The van der Waals surface area contributed by atoms with Crippen molar-refractivity contribution in [3.8, 4) is 0 Å². The van der Waals surface area contributed by atoms with Crippen molar-refractivity contribution in [2.45, 2.75) is 12.5 Å². The first-order valence-electron chi connectivity index (χ1n) is 8.35. The molecule has 2 aliphatic heterocycles. The number of hydrogen-bond donors (Lipinski definition) is 1. The average molecular weight is 363 g/mol. The van der Waals surface area contributed by atoms with E-state index in [9.17, 15) is 8.78 Å². The summed E-state index contributed by atoms with van der Waals surface area (Å²) in [4.78, 5) is 0. The number of hydrogen-bond acceptors (Lipinski definition) is 5. The van der Waals surface area contributed by atoms with Crippen LogP contribution in [0.1, 0.15) is 6.42 Å². The molecule has 7 heteroatoms. The number of benzene rings is 2. The highest BCUT2D eigenvalue weighted by Crippen LogP contribution is 2.50. The maximum absolute atomic E-state index is 14.5. The van der Waals surface area contributed by atoms with E-state index in [0.717, 1.165) is 25.2 Å². The Hall–Kier alpha value is -1.83. The molecule has 0 radical (unpaired) electrons. The third-order valence-corrected chi connectivity index (χ3v) is 5.47. The molecule has 2 aromatic carbocycles. The summed E-state index contributed by atoms with van der Waals surface area (Å²) in [6.07, 6.45) is 0.968. The number of nitrogens with zero attached hydrogens (tertiary/aromatic N) is 2. The van der Waals surface area contributed by atoms with Crippen LogP contribution in [0.5, 0.6) is 0 Å². The first kappa shape index (κ1) is 16.6. The number of ether oxygens (including phenoxy) is 1. The Balaban J connectivity index is 1.59. The topological polar surface area (TPSA) is 27.7 Å². The second kappa shape index (κ2) is 7.19. The van der Waals surface area contributed by atoms with Crippen LogP contribution in [0.25, 0.3) is 0 Å². The zero-order chi connectivity index (χ0) is 17.2. The second-order valence-corrected chi connectivity index (χ2v) is 6.99. The van der Waals surface area contributed by atoms with Crippen LogP contribution in [0.4, 0.5) is 25.8 Å². The molecule has 1 saturated heterocycles. The Morgan fingerprint density at radius 1 is 1.08 bits per heavy atom. The summed E-state index contributed by atoms with van der Waals surface area (Å²) in [5, 5.41) is 3.31. The van der Waals surface area contributed by atoms with E-state index in [0.29, 0.717) is 24.5 Å². The van der Waals surface area contributed by atoms with Crippen LogP contribution in [0.15, 0.2) is 42.5 Å². The highest BCUT2D eigenvalue weighted by Gasteiger charge is 2.33. The summed E-state index contributed by atoms with van der Waals surface area (Å²) in [6, 6.07) is 11.4. The summed E-state index contributed by atoms with van der Waals surface area (Å²) in [5.41, 5.74) is 1.52. The number of para-hydroxylation sites is 2. The van der Waals surface area contributed by atoms with Crippen LogP contribution >= 0.6 is 12.1 Å². The molecule has 0 bridgehead atoms. The maximum atomic E-state index is 14.5. The monoisotopic (exact) mass is 363 g/mol. The zero-order valence-electron chi connectivity index (χ0n) is 13.6. The molecule has 25 heavy (non-hydrogen) atoms. The van der Waals surface area contributed by atoms with Crippen LogP contribution in [0.2, 0.25) is 0 Å². The van der Waals surface area contributed by atoms with Crippen molar-refractivity contribution >= 4 is 29.2 Å². The Morgan fingerprint density at radius 2 is 1.88 bits per heavy atom. The fourth-order valence-electron chi connectivity index (χ4n) is 3.10. The summed E-state index contributed by atoms with van der Waals surface area (Å²) >= 11 is 1.32. The van der Waals surface area contributed by atoms with Gasteiger partial charge in [0, 0.05) is 19.6 Å². The number of morpholine rings is 1. The van der Waals surface area contributed by atoms with Crippen molar-refractivity contribution in [1.82, 2.24) is 5.32 Å². The number of fused-ring (bicyclic) bond motifs is 1. The average Bonchev–Trinajstić information content (AvgIpc) is 3.01. The van der Waals surface area contributed by atoms with Gasteiger partial charge >= 0.3 is 0 Å². The molecule has 1 N–H and O–H groups in total. The summed E-state index contributed by atoms with van der Waals surface area (Å²) in [6.45, 7) is 3.11. The first-order chi connectivity index (χ1) is 12.2. The maximum Gasteiger partial charge on any atom is 0.149 e. The molecule has 0 aliphatic carbocycles. The zero-order valence-corrected chi connectivity index (χ0v) is 14.4. The summed E-state index contributed by atoms with van der Waals surface area (Å²) in [7, 11) is 0. The van der Waals surface area contributed by atoms with Gasteiger partial charge in [-0.2, -0.15) is 0 Å². The molecule has 1 fully saturated rings. The van der Waals surface area contributed by atoms with Crippen LogP contribution in [-0.2, 0) is 4.74 Å². The van der Waals surface area contributed by atoms with E-state index in [1.165, 1.54) is 24.3 Å². The van der Waals surface area contributed by atoms with Gasteiger partial charge in [-0.05, 0) is 30.7 Å². The van der Waals surface area contributed by atoms with Gasteiger partial charge in [0.1, 0.15) is 17.3 Å². The molecule has 0 saturated carbocycles. The lowest BCUT2D eigenvalue weighted by molar-refractivity contribution is 0.0254. The fourth-order valence-corrected chi connectivity index (χ4v) is 4.22. The van der Waals surface area contributed by atoms with Gasteiger partial charge in [0.05, 0.1) is 36.2 Å². The van der Waals surface area contributed by atoms with Gasteiger partial charge in [-0.15, -0.1) is 0 Å². The Morgan fingerprint density at radius 3 is 2.68 bits per heavy atom. The third kappa shape index (κ3) is 3.31. The standard InChI is InChI=1S/C18H19F2N3OS/c19-14-4-1-2-6-16(14)23-18-15(20)5-3-7-17(18)22(25-23)10-8-13-12-21-9-11-24-13/h1-7,13,21H,8-12H2/t13-/m1/s1. The predicted octanol–water partition coefficient (Wildman–Crippen LogP) is 3.86. The number of rotatable bonds is 4. The molecule has 0 amide bonds. The Bertz CT molecular complexity index is 755.